The van der Waals surface area contributed by atoms with Crippen LogP contribution in [-0.4, -0.2) is 29.9 Å². The summed E-state index contributed by atoms with van der Waals surface area (Å²) in [4.78, 5) is 21.3. The number of aryl methyl sites for hydroxylation is 1. The van der Waals surface area contributed by atoms with Gasteiger partial charge in [-0.3, -0.25) is 14.5 Å². The molecule has 41 heavy (non-hydrogen) atoms. The summed E-state index contributed by atoms with van der Waals surface area (Å²) in [6.45, 7) is 7.71. The number of fused-ring (bicyclic) bond motifs is 1. The number of nitrogens with zero attached hydrogens (tertiary/aromatic N) is 4. The van der Waals surface area contributed by atoms with Gasteiger partial charge < -0.3 is 10.1 Å². The number of carbonyl (C=O) groups excluding carboxylic acids is 1. The molecule has 3 heterocycles. The molecule has 0 spiro atoms. The van der Waals surface area contributed by atoms with Crippen LogP contribution in [0.4, 0.5) is 10.1 Å². The maximum atomic E-state index is 15.3. The number of benzene rings is 2. The number of ether oxygens (including phenoxy) is 1. The molecule has 0 bridgehead atoms. The first-order valence-corrected chi connectivity index (χ1v) is 14.4. The van der Waals surface area contributed by atoms with E-state index in [0.717, 1.165) is 0 Å². The maximum absolute atomic E-state index is 15.3. The number of aromatic nitrogens is 4. The minimum absolute atomic E-state index is 0.00477. The topological polar surface area (TPSA) is 123 Å². The van der Waals surface area contributed by atoms with E-state index in [4.69, 9.17) is 9.52 Å². The highest BCUT2D eigenvalue weighted by atomic mass is 32.2. The standard InChI is InChI=1S/C30H29FN6O3S/c1-19-13-20(15-27(38)36-21-17-35-37(18-21)30(2,3)4)14-24(31)29(19)40-26-10-12-33-25-9-8-22(16-23(25)26)41(32,39)28-7-5-6-11-34-28/h5-14,16-18,32H,15H2,1-4H3,(H,36,38)/t41-/m0/s1. The quantitative estimate of drug-likeness (QED) is 0.231. The highest BCUT2D eigenvalue weighted by molar-refractivity contribution is 7.92. The average Bonchev–Trinajstić information content (AvgIpc) is 3.40. The molecular weight excluding hydrogens is 543 g/mol. The second kappa shape index (κ2) is 10.7. The molecule has 3 aromatic heterocycles. The highest BCUT2D eigenvalue weighted by Gasteiger charge is 2.19. The summed E-state index contributed by atoms with van der Waals surface area (Å²) >= 11 is 0. The minimum atomic E-state index is -3.39. The molecule has 0 aliphatic heterocycles. The molecule has 210 valence electrons. The van der Waals surface area contributed by atoms with Gasteiger partial charge in [-0.25, -0.2) is 18.4 Å². The molecule has 0 fully saturated rings. The number of hydrogen-bond donors (Lipinski definition) is 2. The van der Waals surface area contributed by atoms with Crippen molar-refractivity contribution in [1.29, 1.82) is 4.78 Å². The van der Waals surface area contributed by atoms with E-state index in [9.17, 15) is 9.00 Å². The zero-order chi connectivity index (χ0) is 29.4. The molecule has 0 radical (unpaired) electrons. The Labute approximate surface area is 237 Å². The van der Waals surface area contributed by atoms with Gasteiger partial charge in [-0.15, -0.1) is 0 Å². The van der Waals surface area contributed by atoms with Crippen LogP contribution in [-0.2, 0) is 26.5 Å². The molecule has 5 rings (SSSR count). The number of pyridine rings is 2. The van der Waals surface area contributed by atoms with Crippen molar-refractivity contribution in [3.63, 3.8) is 0 Å². The van der Waals surface area contributed by atoms with Gasteiger partial charge in [0.2, 0.25) is 5.91 Å². The van der Waals surface area contributed by atoms with E-state index in [0.29, 0.717) is 27.7 Å². The molecule has 5 aromatic rings. The van der Waals surface area contributed by atoms with E-state index in [-0.39, 0.29) is 39.3 Å². The fourth-order valence-electron chi connectivity index (χ4n) is 4.29. The Morgan fingerprint density at radius 1 is 1.10 bits per heavy atom. The highest BCUT2D eigenvalue weighted by Crippen LogP contribution is 2.35. The predicted molar refractivity (Wildman–Crippen MR) is 154 cm³/mol. The third-order valence-corrected chi connectivity index (χ3v) is 8.10. The molecule has 0 aliphatic rings. The third-order valence-electron chi connectivity index (χ3n) is 6.36. The Kier molecular flexibility index (Phi) is 7.31. The number of amides is 1. The van der Waals surface area contributed by atoms with Crippen LogP contribution in [0.25, 0.3) is 10.9 Å². The van der Waals surface area contributed by atoms with Crippen molar-refractivity contribution >= 4 is 32.2 Å². The lowest BCUT2D eigenvalue weighted by Gasteiger charge is -2.18. The van der Waals surface area contributed by atoms with Crippen molar-refractivity contribution in [2.24, 2.45) is 0 Å². The molecule has 2 aromatic carbocycles. The second-order valence-electron chi connectivity index (χ2n) is 10.6. The van der Waals surface area contributed by atoms with Crippen LogP contribution in [0, 0.1) is 17.5 Å². The van der Waals surface area contributed by atoms with Crippen LogP contribution in [0.3, 0.4) is 0 Å². The van der Waals surface area contributed by atoms with Gasteiger partial charge in [-0.05, 0) is 81.3 Å². The monoisotopic (exact) mass is 572 g/mol. The van der Waals surface area contributed by atoms with Crippen molar-refractivity contribution in [3.05, 3.63) is 96.3 Å². The lowest BCUT2D eigenvalue weighted by Crippen LogP contribution is -2.22. The van der Waals surface area contributed by atoms with E-state index in [2.05, 4.69) is 20.4 Å². The van der Waals surface area contributed by atoms with Gasteiger partial charge in [0.15, 0.2) is 11.6 Å². The van der Waals surface area contributed by atoms with E-state index in [1.807, 2.05) is 20.8 Å². The number of nitrogens with one attached hydrogen (secondary N) is 2. The van der Waals surface area contributed by atoms with Crippen molar-refractivity contribution in [2.45, 2.75) is 49.6 Å². The zero-order valence-electron chi connectivity index (χ0n) is 23.0. The van der Waals surface area contributed by atoms with Crippen molar-refractivity contribution < 1.29 is 18.1 Å². The molecule has 0 unspecified atom stereocenters. The summed E-state index contributed by atoms with van der Waals surface area (Å²) in [6.07, 6.45) is 6.31. The van der Waals surface area contributed by atoms with Crippen LogP contribution in [0.5, 0.6) is 11.5 Å². The largest absolute Gasteiger partial charge is 0.453 e. The number of hydrogen-bond acceptors (Lipinski definition) is 7. The van der Waals surface area contributed by atoms with E-state index >= 15 is 4.39 Å². The van der Waals surface area contributed by atoms with E-state index in [1.165, 1.54) is 18.5 Å². The van der Waals surface area contributed by atoms with Crippen molar-refractivity contribution in [2.75, 3.05) is 5.32 Å². The summed E-state index contributed by atoms with van der Waals surface area (Å²) in [6, 6.07) is 14.2. The van der Waals surface area contributed by atoms with Crippen LogP contribution >= 0.6 is 0 Å². The van der Waals surface area contributed by atoms with Crippen LogP contribution in [0.15, 0.2) is 89.3 Å². The maximum Gasteiger partial charge on any atom is 0.228 e. The first-order valence-electron chi connectivity index (χ1n) is 12.8. The molecule has 1 atom stereocenters. The Hall–Kier alpha value is -4.64. The molecule has 0 aliphatic carbocycles. The molecular formula is C30H29FN6O3S. The SMILES string of the molecule is Cc1cc(CC(=O)Nc2cnn(C(C)(C)C)c2)cc(F)c1Oc1ccnc2ccc([S@](=N)(=O)c3ccccn3)cc12. The number of rotatable bonds is 7. The van der Waals surface area contributed by atoms with Gasteiger partial charge >= 0.3 is 0 Å². The second-order valence-corrected chi connectivity index (χ2v) is 12.6. The van der Waals surface area contributed by atoms with Gasteiger partial charge in [0, 0.05) is 24.0 Å². The first kappa shape index (κ1) is 27.9. The molecule has 9 nitrogen and oxygen atoms in total. The summed E-state index contributed by atoms with van der Waals surface area (Å²) in [5.74, 6) is -0.649. The Morgan fingerprint density at radius 3 is 2.59 bits per heavy atom. The van der Waals surface area contributed by atoms with Crippen molar-refractivity contribution in [1.82, 2.24) is 19.7 Å². The smallest absolute Gasteiger partial charge is 0.228 e. The van der Waals surface area contributed by atoms with Crippen molar-refractivity contribution in [3.8, 4) is 11.5 Å². The first-order chi connectivity index (χ1) is 19.4. The number of carbonyl (C=O) groups is 1. The van der Waals surface area contributed by atoms with Gasteiger partial charge in [0.25, 0.3) is 0 Å². The summed E-state index contributed by atoms with van der Waals surface area (Å²) in [5.41, 5.74) is 1.85. The average molecular weight is 573 g/mol. The number of anilines is 1. The van der Waals surface area contributed by atoms with E-state index < -0.39 is 15.5 Å². The van der Waals surface area contributed by atoms with E-state index in [1.54, 1.807) is 72.5 Å². The molecule has 0 saturated carbocycles. The normalized spacial score (nSPS) is 13.1. The third kappa shape index (κ3) is 5.94. The Morgan fingerprint density at radius 2 is 1.90 bits per heavy atom. The van der Waals surface area contributed by atoms with Gasteiger partial charge in [0.05, 0.1) is 34.3 Å². The lowest BCUT2D eigenvalue weighted by molar-refractivity contribution is -0.115. The lowest BCUT2D eigenvalue weighted by atomic mass is 10.1. The Balaban J connectivity index is 1.38. The van der Waals surface area contributed by atoms with Gasteiger partial charge in [-0.1, -0.05) is 12.1 Å². The summed E-state index contributed by atoms with van der Waals surface area (Å²) in [5, 5.41) is 7.68. The Bertz CT molecular complexity index is 1840. The summed E-state index contributed by atoms with van der Waals surface area (Å²) in [7, 11) is -3.39. The fraction of sp³-hybridized carbons (Fsp3) is 0.200. The molecule has 2 N–H and O–H groups in total. The van der Waals surface area contributed by atoms with Crippen LogP contribution < -0.4 is 10.1 Å². The van der Waals surface area contributed by atoms with Gasteiger partial charge in [-0.2, -0.15) is 5.10 Å². The van der Waals surface area contributed by atoms with Crippen LogP contribution in [0.1, 0.15) is 31.9 Å². The predicted octanol–water partition coefficient (Wildman–Crippen LogP) is 6.47. The van der Waals surface area contributed by atoms with Gasteiger partial charge in [0.1, 0.15) is 20.5 Å². The molecule has 0 saturated heterocycles. The van der Waals surface area contributed by atoms with Crippen LogP contribution in [0.2, 0.25) is 0 Å². The number of halogens is 1. The molecule has 1 amide bonds. The zero-order valence-corrected chi connectivity index (χ0v) is 23.8. The minimum Gasteiger partial charge on any atom is -0.453 e. The summed E-state index contributed by atoms with van der Waals surface area (Å²) < 4.78 is 45.0. The molecule has 11 heteroatoms. The fourth-order valence-corrected chi connectivity index (χ4v) is 5.56.